The molecule has 0 N–H and O–H groups in total. The zero-order valence-corrected chi connectivity index (χ0v) is 17.0. The normalized spacial score (nSPS) is 14.4. The molecule has 0 saturated carbocycles. The Hall–Kier alpha value is -3.16. The number of fused-ring (bicyclic) bond motifs is 1. The number of anilines is 2. The summed E-state index contributed by atoms with van der Waals surface area (Å²) in [6.45, 7) is 9.26. The van der Waals surface area contributed by atoms with Gasteiger partial charge in [0.1, 0.15) is 6.54 Å². The van der Waals surface area contributed by atoms with E-state index < -0.39 is 0 Å². The number of amides is 1. The van der Waals surface area contributed by atoms with Crippen LogP contribution in [0, 0.1) is 0 Å². The highest BCUT2D eigenvalue weighted by Crippen LogP contribution is 2.17. The minimum absolute atomic E-state index is 0.121. The molecule has 1 amide bonds. The molecule has 1 aliphatic heterocycles. The van der Waals surface area contributed by atoms with Crippen molar-refractivity contribution in [3.05, 3.63) is 42.7 Å². The monoisotopic (exact) mass is 393 g/mol. The van der Waals surface area contributed by atoms with Gasteiger partial charge in [-0.3, -0.25) is 4.79 Å². The van der Waals surface area contributed by atoms with Crippen molar-refractivity contribution in [2.75, 3.05) is 49.1 Å². The molecule has 0 unspecified atom stereocenters. The van der Waals surface area contributed by atoms with E-state index in [-0.39, 0.29) is 5.91 Å². The number of hydrogen-bond donors (Lipinski definition) is 0. The molecule has 1 aliphatic rings. The van der Waals surface area contributed by atoms with E-state index in [1.54, 1.807) is 6.33 Å². The molecular weight excluding hydrogens is 366 g/mol. The molecule has 0 radical (unpaired) electrons. The van der Waals surface area contributed by atoms with Crippen molar-refractivity contribution >= 4 is 28.6 Å². The number of aromatic nitrogens is 4. The summed E-state index contributed by atoms with van der Waals surface area (Å²) in [5.74, 6) is 1.89. The summed E-state index contributed by atoms with van der Waals surface area (Å²) in [6.07, 6.45) is 1.74. The molecule has 8 nitrogen and oxygen atoms in total. The highest BCUT2D eigenvalue weighted by molar-refractivity contribution is 5.80. The van der Waals surface area contributed by atoms with Gasteiger partial charge in [-0.25, -0.2) is 4.98 Å². The Morgan fingerprint density at radius 2 is 1.76 bits per heavy atom. The molecule has 8 heteroatoms. The maximum Gasteiger partial charge on any atom is 0.242 e. The van der Waals surface area contributed by atoms with E-state index in [0.29, 0.717) is 19.6 Å². The number of imidazole rings is 1. The Balaban J connectivity index is 1.35. The van der Waals surface area contributed by atoms with Gasteiger partial charge in [0.2, 0.25) is 5.91 Å². The molecule has 29 heavy (non-hydrogen) atoms. The first-order valence-electron chi connectivity index (χ1n) is 10.2. The van der Waals surface area contributed by atoms with Crippen LogP contribution in [0.2, 0.25) is 0 Å². The topological polar surface area (TPSA) is 70.4 Å². The summed E-state index contributed by atoms with van der Waals surface area (Å²) in [5.41, 5.74) is 1.90. The molecule has 1 fully saturated rings. The molecule has 0 atom stereocenters. The minimum atomic E-state index is 0.121. The summed E-state index contributed by atoms with van der Waals surface area (Å²) < 4.78 is 1.92. The van der Waals surface area contributed by atoms with Gasteiger partial charge in [0.15, 0.2) is 11.6 Å². The van der Waals surface area contributed by atoms with E-state index in [9.17, 15) is 4.79 Å². The lowest BCUT2D eigenvalue weighted by Gasteiger charge is -2.35. The van der Waals surface area contributed by atoms with Gasteiger partial charge in [-0.05, 0) is 38.1 Å². The van der Waals surface area contributed by atoms with Crippen LogP contribution in [-0.2, 0) is 11.3 Å². The third kappa shape index (κ3) is 4.01. The van der Waals surface area contributed by atoms with Crippen molar-refractivity contribution in [2.24, 2.45) is 0 Å². The third-order valence-corrected chi connectivity index (χ3v) is 5.51. The number of benzene rings is 1. The Morgan fingerprint density at radius 3 is 2.45 bits per heavy atom. The smallest absolute Gasteiger partial charge is 0.242 e. The van der Waals surface area contributed by atoms with Crippen molar-refractivity contribution in [3.63, 3.8) is 0 Å². The van der Waals surface area contributed by atoms with Gasteiger partial charge >= 0.3 is 0 Å². The van der Waals surface area contributed by atoms with Crippen LogP contribution in [0.1, 0.15) is 13.8 Å². The van der Waals surface area contributed by atoms with Gasteiger partial charge < -0.3 is 19.3 Å². The van der Waals surface area contributed by atoms with Crippen molar-refractivity contribution in [3.8, 4) is 0 Å². The summed E-state index contributed by atoms with van der Waals surface area (Å²) in [7, 11) is 0. The summed E-state index contributed by atoms with van der Waals surface area (Å²) in [4.78, 5) is 23.4. The predicted molar refractivity (Wildman–Crippen MR) is 114 cm³/mol. The molecule has 1 saturated heterocycles. The van der Waals surface area contributed by atoms with Crippen LogP contribution >= 0.6 is 0 Å². The first-order valence-corrected chi connectivity index (χ1v) is 10.2. The largest absolute Gasteiger partial charge is 0.356 e. The lowest BCUT2D eigenvalue weighted by Crippen LogP contribution is -2.49. The van der Waals surface area contributed by atoms with Crippen LogP contribution in [0.5, 0.6) is 0 Å². The van der Waals surface area contributed by atoms with Gasteiger partial charge in [-0.15, -0.1) is 10.2 Å². The zero-order valence-electron chi connectivity index (χ0n) is 17.0. The quantitative estimate of drug-likeness (QED) is 0.638. The van der Waals surface area contributed by atoms with Crippen molar-refractivity contribution in [2.45, 2.75) is 20.4 Å². The maximum absolute atomic E-state index is 12.8. The molecule has 152 valence electrons. The Labute approximate surface area is 170 Å². The van der Waals surface area contributed by atoms with Crippen LogP contribution < -0.4 is 9.80 Å². The van der Waals surface area contributed by atoms with Crippen molar-refractivity contribution < 1.29 is 4.79 Å². The van der Waals surface area contributed by atoms with E-state index in [2.05, 4.69) is 38.8 Å². The van der Waals surface area contributed by atoms with E-state index in [1.165, 1.54) is 0 Å². The van der Waals surface area contributed by atoms with E-state index in [4.69, 9.17) is 0 Å². The summed E-state index contributed by atoms with van der Waals surface area (Å²) in [6, 6.07) is 11.9. The fraction of sp³-hybridized carbons (Fsp3) is 0.429. The molecule has 0 aliphatic carbocycles. The van der Waals surface area contributed by atoms with E-state index in [0.717, 1.165) is 48.8 Å². The van der Waals surface area contributed by atoms with Crippen molar-refractivity contribution in [1.29, 1.82) is 0 Å². The average Bonchev–Trinajstić information content (AvgIpc) is 3.18. The number of piperazine rings is 1. The highest BCUT2D eigenvalue weighted by Gasteiger charge is 2.22. The van der Waals surface area contributed by atoms with Gasteiger partial charge in [-0.2, -0.15) is 0 Å². The van der Waals surface area contributed by atoms with Crippen LogP contribution in [-0.4, -0.2) is 69.8 Å². The third-order valence-electron chi connectivity index (χ3n) is 5.51. The number of carbonyl (C=O) groups is 1. The van der Waals surface area contributed by atoms with Gasteiger partial charge in [-0.1, -0.05) is 12.1 Å². The average molecular weight is 393 g/mol. The molecule has 3 aromatic rings. The molecule has 1 aromatic carbocycles. The fourth-order valence-corrected chi connectivity index (χ4v) is 3.77. The zero-order chi connectivity index (χ0) is 20.2. The fourth-order valence-electron chi connectivity index (χ4n) is 3.77. The first-order chi connectivity index (χ1) is 14.2. The van der Waals surface area contributed by atoms with E-state index in [1.807, 2.05) is 45.9 Å². The standard InChI is InChI=1S/C21H27N7O/c1-3-25(4-2)19-9-10-20(24-23-19)26-11-13-27(14-12-26)21(29)15-28-16-22-17-7-5-6-8-18(17)28/h5-10,16H,3-4,11-15H2,1-2H3. The van der Waals surface area contributed by atoms with Crippen LogP contribution in [0.3, 0.4) is 0 Å². The summed E-state index contributed by atoms with van der Waals surface area (Å²) >= 11 is 0. The number of rotatable bonds is 6. The minimum Gasteiger partial charge on any atom is -0.356 e. The SMILES string of the molecule is CCN(CC)c1ccc(N2CCN(C(=O)Cn3cnc4ccccc43)CC2)nn1. The number of nitrogens with zero attached hydrogens (tertiary/aromatic N) is 7. The lowest BCUT2D eigenvalue weighted by molar-refractivity contribution is -0.132. The number of carbonyl (C=O) groups excluding carboxylic acids is 1. The van der Waals surface area contributed by atoms with Crippen LogP contribution in [0.25, 0.3) is 11.0 Å². The molecule has 3 heterocycles. The molecule has 0 bridgehead atoms. The van der Waals surface area contributed by atoms with Crippen LogP contribution in [0.15, 0.2) is 42.7 Å². The molecule has 4 rings (SSSR count). The Kier molecular flexibility index (Phi) is 5.59. The van der Waals surface area contributed by atoms with Gasteiger partial charge in [0.05, 0.1) is 17.4 Å². The molecular formula is C21H27N7O. The van der Waals surface area contributed by atoms with E-state index >= 15 is 0 Å². The molecule has 0 spiro atoms. The van der Waals surface area contributed by atoms with Crippen LogP contribution in [0.4, 0.5) is 11.6 Å². The number of hydrogen-bond acceptors (Lipinski definition) is 6. The highest BCUT2D eigenvalue weighted by atomic mass is 16.2. The Morgan fingerprint density at radius 1 is 1.00 bits per heavy atom. The second kappa shape index (κ2) is 8.46. The lowest BCUT2D eigenvalue weighted by atomic mass is 10.3. The Bertz CT molecular complexity index is 957. The predicted octanol–water partition coefficient (Wildman–Crippen LogP) is 2.02. The second-order valence-corrected chi connectivity index (χ2v) is 7.15. The van der Waals surface area contributed by atoms with Crippen molar-refractivity contribution in [1.82, 2.24) is 24.6 Å². The second-order valence-electron chi connectivity index (χ2n) is 7.15. The number of para-hydroxylation sites is 2. The van der Waals surface area contributed by atoms with Gasteiger partial charge in [0, 0.05) is 39.3 Å². The maximum atomic E-state index is 12.8. The first kappa shape index (κ1) is 19.2. The molecule has 2 aromatic heterocycles. The van der Waals surface area contributed by atoms with Gasteiger partial charge in [0.25, 0.3) is 0 Å². The summed E-state index contributed by atoms with van der Waals surface area (Å²) in [5, 5.41) is 8.77.